The highest BCUT2D eigenvalue weighted by atomic mass is 127. The van der Waals surface area contributed by atoms with Crippen LogP contribution in [0.2, 0.25) is 0 Å². The summed E-state index contributed by atoms with van der Waals surface area (Å²) in [5.41, 5.74) is 0. The van der Waals surface area contributed by atoms with Crippen LogP contribution in [-0.4, -0.2) is 3.92 Å². The topological polar surface area (TPSA) is 0 Å². The van der Waals surface area contributed by atoms with E-state index in [4.69, 9.17) is 0 Å². The summed E-state index contributed by atoms with van der Waals surface area (Å²) in [7, 11) is 0. The highest BCUT2D eigenvalue weighted by Crippen LogP contribution is 2.14. The number of rotatable bonds is 10. The Morgan fingerprint density at radius 2 is 1.38 bits per heavy atom. The largest absolute Gasteiger partial charge is 0.0778 e. The summed E-state index contributed by atoms with van der Waals surface area (Å²) >= 11 is 4.57. The molecular weight excluding hydrogens is 422 g/mol. The maximum atomic E-state index is 3.19. The smallest absolute Gasteiger partial charge is 0.0727 e. The standard InChI is InChI=1S/C14H24I2/c1-2-3-4-5-6-7-8-9-10-11-14(16)12-13-15/h14H,2-11H2,1H3. The first kappa shape index (κ1) is 17.0. The number of alkyl halides is 1. The van der Waals surface area contributed by atoms with Crippen LogP contribution >= 0.6 is 45.2 Å². The monoisotopic (exact) mass is 446 g/mol. The van der Waals surface area contributed by atoms with Crippen molar-refractivity contribution in [3.05, 3.63) is 0 Å². The highest BCUT2D eigenvalue weighted by molar-refractivity contribution is 14.1. The van der Waals surface area contributed by atoms with Crippen LogP contribution in [-0.2, 0) is 0 Å². The zero-order chi connectivity index (χ0) is 12.1. The molecule has 0 radical (unpaired) electrons. The summed E-state index contributed by atoms with van der Waals surface area (Å²) in [6, 6.07) is 0. The number of hydrogen-bond donors (Lipinski definition) is 0. The Morgan fingerprint density at radius 3 is 1.88 bits per heavy atom. The summed E-state index contributed by atoms with van der Waals surface area (Å²) in [6.07, 6.45) is 14.0. The summed E-state index contributed by atoms with van der Waals surface area (Å²) in [5, 5.41) is 0. The van der Waals surface area contributed by atoms with Crippen molar-refractivity contribution in [1.82, 2.24) is 0 Å². The molecule has 0 fully saturated rings. The minimum atomic E-state index is 0.569. The Kier molecular flexibility index (Phi) is 15.0. The van der Waals surface area contributed by atoms with E-state index in [1.807, 2.05) is 0 Å². The van der Waals surface area contributed by atoms with E-state index in [1.165, 1.54) is 64.2 Å². The molecule has 0 heterocycles. The maximum Gasteiger partial charge on any atom is 0.0727 e. The van der Waals surface area contributed by atoms with E-state index in [9.17, 15) is 0 Å². The summed E-state index contributed by atoms with van der Waals surface area (Å²) < 4.78 is 3.53. The molecule has 0 aromatic rings. The molecule has 0 amide bonds. The third-order valence-electron chi connectivity index (χ3n) is 2.77. The first-order valence-electron chi connectivity index (χ1n) is 6.56. The predicted molar refractivity (Wildman–Crippen MR) is 91.4 cm³/mol. The van der Waals surface area contributed by atoms with Crippen LogP contribution in [0.1, 0.15) is 71.1 Å². The zero-order valence-electron chi connectivity index (χ0n) is 10.4. The molecule has 1 unspecified atom stereocenters. The van der Waals surface area contributed by atoms with Gasteiger partial charge in [-0.15, -0.1) is 0 Å². The molecule has 1 atom stereocenters. The van der Waals surface area contributed by atoms with Crippen LogP contribution in [0.25, 0.3) is 0 Å². The van der Waals surface area contributed by atoms with E-state index in [-0.39, 0.29) is 0 Å². The molecule has 0 aliphatic rings. The lowest BCUT2D eigenvalue weighted by molar-refractivity contribution is 0.560. The van der Waals surface area contributed by atoms with Gasteiger partial charge in [-0.05, 0) is 10.3 Å². The summed E-state index contributed by atoms with van der Waals surface area (Å²) in [4.78, 5) is 0. The molecule has 0 saturated carbocycles. The highest BCUT2D eigenvalue weighted by Gasteiger charge is 1.98. The van der Waals surface area contributed by atoms with E-state index in [2.05, 4.69) is 62.0 Å². The Bertz CT molecular complexity index is 191. The van der Waals surface area contributed by atoms with Gasteiger partial charge in [0.25, 0.3) is 0 Å². The van der Waals surface area contributed by atoms with Crippen molar-refractivity contribution in [1.29, 1.82) is 0 Å². The van der Waals surface area contributed by atoms with Gasteiger partial charge < -0.3 is 0 Å². The number of halogens is 2. The average Bonchev–Trinajstić information content (AvgIpc) is 2.27. The third-order valence-corrected chi connectivity index (χ3v) is 4.02. The van der Waals surface area contributed by atoms with Crippen LogP contribution in [0.15, 0.2) is 0 Å². The van der Waals surface area contributed by atoms with E-state index in [0.717, 1.165) is 0 Å². The van der Waals surface area contributed by atoms with Gasteiger partial charge in [-0.25, -0.2) is 0 Å². The fourth-order valence-electron chi connectivity index (χ4n) is 1.77. The Hall–Kier alpha value is 1.02. The van der Waals surface area contributed by atoms with Crippen molar-refractivity contribution in [2.45, 2.75) is 75.1 Å². The molecule has 94 valence electrons. The Balaban J connectivity index is 3.06. The second kappa shape index (κ2) is 14.1. The lowest BCUT2D eigenvalue weighted by Gasteiger charge is -2.03. The molecule has 0 aromatic heterocycles. The molecule has 16 heavy (non-hydrogen) atoms. The lowest BCUT2D eigenvalue weighted by atomic mass is 10.1. The minimum Gasteiger partial charge on any atom is -0.0778 e. The van der Waals surface area contributed by atoms with Crippen molar-refractivity contribution >= 4 is 45.2 Å². The van der Waals surface area contributed by atoms with E-state index in [1.54, 1.807) is 0 Å². The molecule has 2 heteroatoms. The maximum absolute atomic E-state index is 3.19. The SMILES string of the molecule is CCCCCCCCCCCC(I)C#CI. The van der Waals surface area contributed by atoms with Crippen molar-refractivity contribution in [2.75, 3.05) is 0 Å². The molecule has 0 nitrogen and oxygen atoms in total. The minimum absolute atomic E-state index is 0.569. The van der Waals surface area contributed by atoms with Gasteiger partial charge in [-0.3, -0.25) is 0 Å². The first-order valence-corrected chi connectivity index (χ1v) is 8.89. The van der Waals surface area contributed by atoms with Crippen molar-refractivity contribution < 1.29 is 0 Å². The Labute approximate surface area is 129 Å². The van der Waals surface area contributed by atoms with E-state index >= 15 is 0 Å². The molecule has 0 aliphatic carbocycles. The van der Waals surface area contributed by atoms with Crippen LogP contribution in [0.5, 0.6) is 0 Å². The summed E-state index contributed by atoms with van der Waals surface area (Å²) in [6.45, 7) is 2.28. The van der Waals surface area contributed by atoms with Crippen LogP contribution < -0.4 is 0 Å². The number of hydrogen-bond acceptors (Lipinski definition) is 0. The Morgan fingerprint density at radius 1 is 0.875 bits per heavy atom. The lowest BCUT2D eigenvalue weighted by Crippen LogP contribution is -1.92. The second-order valence-corrected chi connectivity index (χ2v) is 6.37. The van der Waals surface area contributed by atoms with Gasteiger partial charge in [0.05, 0.1) is 3.92 Å². The normalized spacial score (nSPS) is 11.9. The van der Waals surface area contributed by atoms with Gasteiger partial charge in [-0.1, -0.05) is 93.2 Å². The van der Waals surface area contributed by atoms with E-state index in [0.29, 0.717) is 3.92 Å². The molecule has 0 bridgehead atoms. The number of unbranched alkanes of at least 4 members (excludes halogenated alkanes) is 8. The fourth-order valence-corrected chi connectivity index (χ4v) is 3.33. The van der Waals surface area contributed by atoms with Crippen LogP contribution in [0.4, 0.5) is 0 Å². The molecule has 0 rings (SSSR count). The summed E-state index contributed by atoms with van der Waals surface area (Å²) in [5.74, 6) is 3.19. The van der Waals surface area contributed by atoms with Gasteiger partial charge >= 0.3 is 0 Å². The van der Waals surface area contributed by atoms with Crippen LogP contribution in [0, 0.1) is 9.85 Å². The van der Waals surface area contributed by atoms with Crippen molar-refractivity contribution in [2.24, 2.45) is 0 Å². The van der Waals surface area contributed by atoms with Crippen molar-refractivity contribution in [3.8, 4) is 9.85 Å². The molecule has 0 saturated heterocycles. The van der Waals surface area contributed by atoms with Gasteiger partial charge in [0.1, 0.15) is 0 Å². The predicted octanol–water partition coefficient (Wildman–Crippen LogP) is 6.11. The molecule has 0 aromatic carbocycles. The molecular formula is C14H24I2. The molecule has 0 aliphatic heterocycles. The third kappa shape index (κ3) is 13.1. The van der Waals surface area contributed by atoms with Gasteiger partial charge in [0.2, 0.25) is 0 Å². The quantitative estimate of drug-likeness (QED) is 0.165. The van der Waals surface area contributed by atoms with Gasteiger partial charge in [0.15, 0.2) is 0 Å². The first-order chi connectivity index (χ1) is 7.81. The zero-order valence-corrected chi connectivity index (χ0v) is 14.7. The molecule has 0 N–H and O–H groups in total. The van der Waals surface area contributed by atoms with Gasteiger partial charge in [0, 0.05) is 22.6 Å². The fraction of sp³-hybridized carbons (Fsp3) is 0.857. The van der Waals surface area contributed by atoms with Crippen molar-refractivity contribution in [3.63, 3.8) is 0 Å². The molecule has 0 spiro atoms. The second-order valence-electron chi connectivity index (χ2n) is 4.32. The van der Waals surface area contributed by atoms with Crippen LogP contribution in [0.3, 0.4) is 0 Å². The van der Waals surface area contributed by atoms with Gasteiger partial charge in [-0.2, -0.15) is 0 Å². The average molecular weight is 446 g/mol. The van der Waals surface area contributed by atoms with E-state index < -0.39 is 0 Å².